The van der Waals surface area contributed by atoms with Crippen molar-refractivity contribution in [2.24, 2.45) is 0 Å². The molecule has 2 rings (SSSR count). The summed E-state index contributed by atoms with van der Waals surface area (Å²) in [5.41, 5.74) is 6.61. The molecule has 0 amide bonds. The molecule has 0 spiro atoms. The van der Waals surface area contributed by atoms with Crippen molar-refractivity contribution in [3.63, 3.8) is 0 Å². The standard InChI is InChI=1S/C12H12ClN5O2/c13-10-11(14)16-7-17-12(10)15-6-5-8-1-3-9(4-2-8)18(19)20/h1-4,7H,5-6H2,(H3,14,15,16,17). The van der Waals surface area contributed by atoms with Crippen molar-refractivity contribution >= 4 is 28.9 Å². The van der Waals surface area contributed by atoms with Gasteiger partial charge in [0.15, 0.2) is 0 Å². The van der Waals surface area contributed by atoms with E-state index in [2.05, 4.69) is 15.3 Å². The molecule has 0 bridgehead atoms. The number of halogens is 1. The minimum absolute atomic E-state index is 0.0772. The molecule has 0 atom stereocenters. The fourth-order valence-corrected chi connectivity index (χ4v) is 1.78. The zero-order valence-corrected chi connectivity index (χ0v) is 11.2. The number of aromatic nitrogens is 2. The van der Waals surface area contributed by atoms with Gasteiger partial charge in [0, 0.05) is 18.7 Å². The quantitative estimate of drug-likeness (QED) is 0.647. The molecule has 1 aromatic carbocycles. The molecule has 0 aliphatic heterocycles. The van der Waals surface area contributed by atoms with E-state index in [0.29, 0.717) is 18.8 Å². The Hall–Kier alpha value is -2.41. The summed E-state index contributed by atoms with van der Waals surface area (Å²) in [4.78, 5) is 17.9. The second-order valence-corrected chi connectivity index (χ2v) is 4.40. The normalized spacial score (nSPS) is 10.2. The van der Waals surface area contributed by atoms with Crippen LogP contribution in [-0.2, 0) is 6.42 Å². The van der Waals surface area contributed by atoms with Gasteiger partial charge in [0.1, 0.15) is 23.0 Å². The number of hydrogen-bond donors (Lipinski definition) is 2. The Morgan fingerprint density at radius 3 is 2.65 bits per heavy atom. The number of benzene rings is 1. The van der Waals surface area contributed by atoms with Crippen LogP contribution in [0.4, 0.5) is 17.3 Å². The topological polar surface area (TPSA) is 107 Å². The number of rotatable bonds is 5. The zero-order chi connectivity index (χ0) is 14.5. The lowest BCUT2D eigenvalue weighted by Gasteiger charge is -2.07. The molecule has 0 unspecified atom stereocenters. The van der Waals surface area contributed by atoms with Gasteiger partial charge in [-0.2, -0.15) is 0 Å². The molecule has 1 aromatic heterocycles. The van der Waals surface area contributed by atoms with Crippen LogP contribution >= 0.6 is 11.6 Å². The number of nitrogens with zero attached hydrogens (tertiary/aromatic N) is 3. The van der Waals surface area contributed by atoms with E-state index >= 15 is 0 Å². The second kappa shape index (κ2) is 6.16. The number of nitrogens with two attached hydrogens (primary N) is 1. The third-order valence-electron chi connectivity index (χ3n) is 2.67. The number of nitro benzene ring substituents is 1. The molecule has 0 saturated heterocycles. The molecule has 1 heterocycles. The Kier molecular flexibility index (Phi) is 4.31. The molecule has 7 nitrogen and oxygen atoms in total. The Bertz CT molecular complexity index is 618. The first-order chi connectivity index (χ1) is 9.58. The maximum absolute atomic E-state index is 10.5. The van der Waals surface area contributed by atoms with Crippen molar-refractivity contribution in [2.45, 2.75) is 6.42 Å². The van der Waals surface area contributed by atoms with E-state index in [9.17, 15) is 10.1 Å². The van der Waals surface area contributed by atoms with E-state index in [1.807, 2.05) is 0 Å². The monoisotopic (exact) mass is 293 g/mol. The summed E-state index contributed by atoms with van der Waals surface area (Å²) in [5, 5.41) is 13.9. The van der Waals surface area contributed by atoms with Crippen molar-refractivity contribution in [3.05, 3.63) is 51.3 Å². The highest BCUT2D eigenvalue weighted by atomic mass is 35.5. The minimum Gasteiger partial charge on any atom is -0.382 e. The summed E-state index contributed by atoms with van der Waals surface area (Å²) < 4.78 is 0. The second-order valence-electron chi connectivity index (χ2n) is 4.02. The maximum Gasteiger partial charge on any atom is 0.269 e. The van der Waals surface area contributed by atoms with Gasteiger partial charge in [-0.1, -0.05) is 23.7 Å². The van der Waals surface area contributed by atoms with E-state index in [1.54, 1.807) is 12.1 Å². The van der Waals surface area contributed by atoms with Gasteiger partial charge >= 0.3 is 0 Å². The molecular formula is C12H12ClN5O2. The molecule has 2 aromatic rings. The number of anilines is 2. The van der Waals surface area contributed by atoms with Crippen molar-refractivity contribution in [2.75, 3.05) is 17.6 Å². The molecule has 0 fully saturated rings. The summed E-state index contributed by atoms with van der Waals surface area (Å²) in [5.74, 6) is 0.695. The average Bonchev–Trinajstić information content (AvgIpc) is 2.44. The lowest BCUT2D eigenvalue weighted by Crippen LogP contribution is -2.08. The fourth-order valence-electron chi connectivity index (χ4n) is 1.62. The Morgan fingerprint density at radius 2 is 2.00 bits per heavy atom. The molecule has 0 radical (unpaired) electrons. The van der Waals surface area contributed by atoms with Gasteiger partial charge in [0.05, 0.1) is 4.92 Å². The molecule has 3 N–H and O–H groups in total. The van der Waals surface area contributed by atoms with Gasteiger partial charge in [0.2, 0.25) is 0 Å². The summed E-state index contributed by atoms with van der Waals surface area (Å²) in [7, 11) is 0. The largest absolute Gasteiger partial charge is 0.382 e. The third-order valence-corrected chi connectivity index (χ3v) is 3.04. The lowest BCUT2D eigenvalue weighted by atomic mass is 10.1. The molecule has 20 heavy (non-hydrogen) atoms. The number of nitro groups is 1. The molecule has 0 aliphatic carbocycles. The summed E-state index contributed by atoms with van der Waals surface area (Å²) in [6.07, 6.45) is 2.01. The van der Waals surface area contributed by atoms with Crippen molar-refractivity contribution in [3.8, 4) is 0 Å². The number of nitrogens with one attached hydrogen (secondary N) is 1. The maximum atomic E-state index is 10.5. The van der Waals surface area contributed by atoms with Crippen LogP contribution < -0.4 is 11.1 Å². The lowest BCUT2D eigenvalue weighted by molar-refractivity contribution is -0.384. The van der Waals surface area contributed by atoms with Crippen LogP contribution in [0.2, 0.25) is 5.02 Å². The third kappa shape index (κ3) is 3.33. The van der Waals surface area contributed by atoms with E-state index in [4.69, 9.17) is 17.3 Å². The Balaban J connectivity index is 1.92. The molecule has 0 saturated carbocycles. The Morgan fingerprint density at radius 1 is 1.30 bits per heavy atom. The van der Waals surface area contributed by atoms with Gasteiger partial charge < -0.3 is 11.1 Å². The molecule has 8 heteroatoms. The summed E-state index contributed by atoms with van der Waals surface area (Å²) >= 11 is 5.94. The highest BCUT2D eigenvalue weighted by Gasteiger charge is 2.06. The first-order valence-electron chi connectivity index (χ1n) is 5.81. The number of non-ortho nitro benzene ring substituents is 1. The van der Waals surface area contributed by atoms with Crippen LogP contribution in [0.3, 0.4) is 0 Å². The summed E-state index contributed by atoms with van der Waals surface area (Å²) in [6, 6.07) is 6.39. The van der Waals surface area contributed by atoms with Crippen LogP contribution in [0.5, 0.6) is 0 Å². The SMILES string of the molecule is Nc1ncnc(NCCc2ccc([N+](=O)[O-])cc2)c1Cl. The zero-order valence-electron chi connectivity index (χ0n) is 10.4. The van der Waals surface area contributed by atoms with Crippen LogP contribution in [0, 0.1) is 10.1 Å². The van der Waals surface area contributed by atoms with Crippen molar-refractivity contribution in [1.29, 1.82) is 0 Å². The van der Waals surface area contributed by atoms with Crippen LogP contribution in [0.1, 0.15) is 5.56 Å². The smallest absolute Gasteiger partial charge is 0.269 e. The van der Waals surface area contributed by atoms with Gasteiger partial charge in [-0.05, 0) is 12.0 Å². The van der Waals surface area contributed by atoms with Crippen LogP contribution in [0.15, 0.2) is 30.6 Å². The fraction of sp³-hybridized carbons (Fsp3) is 0.167. The van der Waals surface area contributed by atoms with Crippen molar-refractivity contribution < 1.29 is 4.92 Å². The number of hydrogen-bond acceptors (Lipinski definition) is 6. The van der Waals surface area contributed by atoms with Gasteiger partial charge in [0.25, 0.3) is 5.69 Å². The van der Waals surface area contributed by atoms with Crippen LogP contribution in [-0.4, -0.2) is 21.4 Å². The predicted octanol–water partition coefficient (Wildman–Crippen LogP) is 2.28. The van der Waals surface area contributed by atoms with E-state index in [1.165, 1.54) is 18.5 Å². The van der Waals surface area contributed by atoms with E-state index in [0.717, 1.165) is 5.56 Å². The average molecular weight is 294 g/mol. The van der Waals surface area contributed by atoms with Crippen molar-refractivity contribution in [1.82, 2.24) is 9.97 Å². The molecule has 104 valence electrons. The minimum atomic E-state index is -0.425. The predicted molar refractivity (Wildman–Crippen MR) is 76.7 cm³/mol. The van der Waals surface area contributed by atoms with Gasteiger partial charge in [-0.3, -0.25) is 10.1 Å². The highest BCUT2D eigenvalue weighted by Crippen LogP contribution is 2.23. The first-order valence-corrected chi connectivity index (χ1v) is 6.19. The number of nitrogen functional groups attached to an aromatic ring is 1. The molecule has 0 aliphatic rings. The highest BCUT2D eigenvalue weighted by molar-refractivity contribution is 6.35. The van der Waals surface area contributed by atoms with E-state index in [-0.39, 0.29) is 16.5 Å². The summed E-state index contributed by atoms with van der Waals surface area (Å²) in [6.45, 7) is 0.577. The first kappa shape index (κ1) is 14.0. The van der Waals surface area contributed by atoms with E-state index < -0.39 is 4.92 Å². The Labute approximate surface area is 120 Å². The van der Waals surface area contributed by atoms with Gasteiger partial charge in [-0.15, -0.1) is 0 Å². The van der Waals surface area contributed by atoms with Crippen LogP contribution in [0.25, 0.3) is 0 Å². The van der Waals surface area contributed by atoms with Gasteiger partial charge in [-0.25, -0.2) is 9.97 Å². The molecular weight excluding hydrogens is 282 g/mol.